The molecule has 0 amide bonds. The third-order valence-corrected chi connectivity index (χ3v) is 2.09. The van der Waals surface area contributed by atoms with Crippen LogP contribution in [0.1, 0.15) is 27.2 Å². The summed E-state index contributed by atoms with van der Waals surface area (Å²) in [6.45, 7) is 5.56. The first kappa shape index (κ1) is 10.6. The second kappa shape index (κ2) is 4.13. The highest BCUT2D eigenvalue weighted by Gasteiger charge is 2.28. The fourth-order valence-corrected chi connectivity index (χ4v) is 0.647. The maximum atomic E-state index is 11.5. The summed E-state index contributed by atoms with van der Waals surface area (Å²) in [4.78, 5) is 22.6. The van der Waals surface area contributed by atoms with E-state index in [1.807, 2.05) is 20.8 Å². The van der Waals surface area contributed by atoms with Crippen molar-refractivity contribution in [3.8, 4) is 6.01 Å². The summed E-state index contributed by atoms with van der Waals surface area (Å²) in [5, 5.41) is 0. The molecule has 0 aliphatic rings. The first-order chi connectivity index (χ1) is 6.56. The maximum absolute atomic E-state index is 11.5. The molecular formula is C9H13N3O2. The van der Waals surface area contributed by atoms with Crippen molar-refractivity contribution < 1.29 is 9.53 Å². The van der Waals surface area contributed by atoms with Crippen molar-refractivity contribution in [1.82, 2.24) is 15.0 Å². The quantitative estimate of drug-likeness (QED) is 0.678. The molecule has 76 valence electrons. The van der Waals surface area contributed by atoms with Crippen LogP contribution in [0.5, 0.6) is 6.01 Å². The topological polar surface area (TPSA) is 65.0 Å². The zero-order chi connectivity index (χ0) is 10.6. The first-order valence-corrected chi connectivity index (χ1v) is 4.40. The lowest BCUT2D eigenvalue weighted by molar-refractivity contribution is -0.144. The highest BCUT2D eigenvalue weighted by Crippen LogP contribution is 2.21. The van der Waals surface area contributed by atoms with Gasteiger partial charge >= 0.3 is 12.0 Å². The summed E-state index contributed by atoms with van der Waals surface area (Å²) in [5.74, 6) is -0.328. The second-order valence-corrected chi connectivity index (χ2v) is 3.55. The Morgan fingerprint density at radius 3 is 2.50 bits per heavy atom. The Labute approximate surface area is 82.6 Å². The summed E-state index contributed by atoms with van der Waals surface area (Å²) in [7, 11) is 0. The van der Waals surface area contributed by atoms with Gasteiger partial charge in [0.1, 0.15) is 12.7 Å². The number of esters is 1. The number of aromatic nitrogens is 3. The van der Waals surface area contributed by atoms with Crippen LogP contribution in [0, 0.1) is 5.41 Å². The van der Waals surface area contributed by atoms with E-state index in [0.717, 1.165) is 0 Å². The molecule has 1 heterocycles. The van der Waals surface area contributed by atoms with Crippen LogP contribution in [0.25, 0.3) is 0 Å². The lowest BCUT2D eigenvalue weighted by Crippen LogP contribution is -2.28. The van der Waals surface area contributed by atoms with Gasteiger partial charge < -0.3 is 4.74 Å². The normalized spacial score (nSPS) is 11.1. The van der Waals surface area contributed by atoms with E-state index in [1.54, 1.807) is 0 Å². The van der Waals surface area contributed by atoms with Crippen LogP contribution >= 0.6 is 0 Å². The molecule has 0 saturated heterocycles. The molecule has 0 N–H and O–H groups in total. The van der Waals surface area contributed by atoms with E-state index in [-0.39, 0.29) is 12.0 Å². The van der Waals surface area contributed by atoms with Crippen molar-refractivity contribution in [3.05, 3.63) is 12.7 Å². The van der Waals surface area contributed by atoms with E-state index < -0.39 is 5.41 Å². The Kier molecular flexibility index (Phi) is 3.11. The van der Waals surface area contributed by atoms with Gasteiger partial charge in [-0.3, -0.25) is 4.79 Å². The molecule has 1 aromatic heterocycles. The maximum Gasteiger partial charge on any atom is 0.327 e. The third-order valence-electron chi connectivity index (χ3n) is 2.09. The monoisotopic (exact) mass is 195 g/mol. The lowest BCUT2D eigenvalue weighted by atomic mass is 9.91. The van der Waals surface area contributed by atoms with Crippen molar-refractivity contribution in [2.45, 2.75) is 27.2 Å². The van der Waals surface area contributed by atoms with Crippen LogP contribution in [0.3, 0.4) is 0 Å². The number of nitrogens with zero attached hydrogens (tertiary/aromatic N) is 3. The number of rotatable bonds is 3. The molecule has 0 aromatic carbocycles. The summed E-state index contributed by atoms with van der Waals surface area (Å²) in [6, 6.07) is 0.0477. The lowest BCUT2D eigenvalue weighted by Gasteiger charge is -2.18. The molecule has 1 rings (SSSR count). The Balaban J connectivity index is 2.67. The minimum atomic E-state index is -0.507. The van der Waals surface area contributed by atoms with Crippen molar-refractivity contribution in [2.24, 2.45) is 5.41 Å². The number of ether oxygens (including phenoxy) is 1. The zero-order valence-electron chi connectivity index (χ0n) is 8.52. The highest BCUT2D eigenvalue weighted by atomic mass is 16.5. The molecule has 0 saturated carbocycles. The van der Waals surface area contributed by atoms with E-state index in [9.17, 15) is 4.79 Å². The van der Waals surface area contributed by atoms with Crippen LogP contribution in [0.4, 0.5) is 0 Å². The van der Waals surface area contributed by atoms with Gasteiger partial charge in [0.25, 0.3) is 0 Å². The van der Waals surface area contributed by atoms with E-state index in [2.05, 4.69) is 15.0 Å². The number of carbonyl (C=O) groups excluding carboxylic acids is 1. The second-order valence-electron chi connectivity index (χ2n) is 3.55. The molecular weight excluding hydrogens is 182 g/mol. The molecule has 0 atom stereocenters. The smallest absolute Gasteiger partial charge is 0.327 e. The minimum absolute atomic E-state index is 0.0477. The summed E-state index contributed by atoms with van der Waals surface area (Å²) < 4.78 is 4.97. The minimum Gasteiger partial charge on any atom is -0.390 e. The van der Waals surface area contributed by atoms with E-state index in [1.165, 1.54) is 12.7 Å². The Morgan fingerprint density at radius 1 is 1.43 bits per heavy atom. The third kappa shape index (κ3) is 2.48. The van der Waals surface area contributed by atoms with Crippen LogP contribution in [-0.2, 0) is 4.79 Å². The molecule has 0 fully saturated rings. The van der Waals surface area contributed by atoms with Gasteiger partial charge in [0, 0.05) is 0 Å². The predicted octanol–water partition coefficient (Wildman–Crippen LogP) is 1.21. The molecule has 0 radical (unpaired) electrons. The zero-order valence-corrected chi connectivity index (χ0v) is 8.52. The standard InChI is InChI=1S/C9H13N3O2/c1-4-9(2,3)7(13)14-8-11-5-10-6-12-8/h5-6H,4H2,1-3H3. The Hall–Kier alpha value is -1.52. The molecule has 5 nitrogen and oxygen atoms in total. The van der Waals surface area contributed by atoms with Crippen molar-refractivity contribution in [2.75, 3.05) is 0 Å². The van der Waals surface area contributed by atoms with Gasteiger partial charge in [-0.1, -0.05) is 6.92 Å². The largest absolute Gasteiger partial charge is 0.390 e. The average Bonchev–Trinajstić information content (AvgIpc) is 2.19. The SMILES string of the molecule is CCC(C)(C)C(=O)Oc1ncncn1. The van der Waals surface area contributed by atoms with Gasteiger partial charge in [-0.15, -0.1) is 0 Å². The van der Waals surface area contributed by atoms with Crippen molar-refractivity contribution in [1.29, 1.82) is 0 Å². The Bertz CT molecular complexity index is 311. The molecule has 0 unspecified atom stereocenters. The summed E-state index contributed by atoms with van der Waals surface area (Å²) in [5.41, 5.74) is -0.507. The molecule has 0 bridgehead atoms. The fraction of sp³-hybridized carbons (Fsp3) is 0.556. The number of carbonyl (C=O) groups is 1. The van der Waals surface area contributed by atoms with E-state index >= 15 is 0 Å². The fourth-order valence-electron chi connectivity index (χ4n) is 0.647. The number of hydrogen-bond acceptors (Lipinski definition) is 5. The molecule has 5 heteroatoms. The van der Waals surface area contributed by atoms with Gasteiger partial charge in [0.15, 0.2) is 0 Å². The molecule has 0 spiro atoms. The van der Waals surface area contributed by atoms with Gasteiger partial charge in [-0.05, 0) is 20.3 Å². The van der Waals surface area contributed by atoms with Gasteiger partial charge in [0.2, 0.25) is 0 Å². The molecule has 0 aliphatic heterocycles. The van der Waals surface area contributed by atoms with Crippen LogP contribution in [0.2, 0.25) is 0 Å². The predicted molar refractivity (Wildman–Crippen MR) is 49.5 cm³/mol. The highest BCUT2D eigenvalue weighted by molar-refractivity contribution is 5.77. The molecule has 14 heavy (non-hydrogen) atoms. The molecule has 0 aliphatic carbocycles. The number of hydrogen-bond donors (Lipinski definition) is 0. The average molecular weight is 195 g/mol. The van der Waals surface area contributed by atoms with Gasteiger partial charge in [0.05, 0.1) is 5.41 Å². The van der Waals surface area contributed by atoms with Crippen molar-refractivity contribution in [3.63, 3.8) is 0 Å². The summed E-state index contributed by atoms with van der Waals surface area (Å²) >= 11 is 0. The Morgan fingerprint density at radius 2 is 2.00 bits per heavy atom. The van der Waals surface area contributed by atoms with E-state index in [0.29, 0.717) is 6.42 Å². The summed E-state index contributed by atoms with van der Waals surface area (Å²) in [6.07, 6.45) is 3.28. The van der Waals surface area contributed by atoms with Crippen LogP contribution < -0.4 is 4.74 Å². The molecule has 1 aromatic rings. The van der Waals surface area contributed by atoms with Crippen LogP contribution in [-0.4, -0.2) is 20.9 Å². The van der Waals surface area contributed by atoms with Crippen molar-refractivity contribution >= 4 is 5.97 Å². The van der Waals surface area contributed by atoms with Gasteiger partial charge in [-0.25, -0.2) is 4.98 Å². The van der Waals surface area contributed by atoms with E-state index in [4.69, 9.17) is 4.74 Å². The first-order valence-electron chi connectivity index (χ1n) is 4.40. The van der Waals surface area contributed by atoms with Gasteiger partial charge in [-0.2, -0.15) is 9.97 Å². The van der Waals surface area contributed by atoms with Crippen LogP contribution in [0.15, 0.2) is 12.7 Å².